The summed E-state index contributed by atoms with van der Waals surface area (Å²) in [6.07, 6.45) is 0.592. The normalized spacial score (nSPS) is 13.7. The fourth-order valence-electron chi connectivity index (χ4n) is 2.35. The number of aromatic amines is 1. The van der Waals surface area contributed by atoms with Crippen LogP contribution < -0.4 is 27.4 Å². The highest BCUT2D eigenvalue weighted by Crippen LogP contribution is 2.02. The van der Waals surface area contributed by atoms with Gasteiger partial charge < -0.3 is 42.6 Å². The van der Waals surface area contributed by atoms with Crippen molar-refractivity contribution in [2.45, 2.75) is 50.5 Å². The molecule has 166 valence electrons. The van der Waals surface area contributed by atoms with E-state index in [-0.39, 0.29) is 12.8 Å². The van der Waals surface area contributed by atoms with Crippen LogP contribution in [0.15, 0.2) is 12.5 Å². The van der Waals surface area contributed by atoms with E-state index >= 15 is 0 Å². The van der Waals surface area contributed by atoms with Crippen molar-refractivity contribution in [2.75, 3.05) is 0 Å². The molecule has 0 saturated carbocycles. The molecule has 0 saturated heterocycles. The van der Waals surface area contributed by atoms with Gasteiger partial charge in [-0.3, -0.25) is 19.2 Å². The number of amides is 3. The molecule has 14 heteroatoms. The van der Waals surface area contributed by atoms with Crippen LogP contribution >= 0.6 is 0 Å². The van der Waals surface area contributed by atoms with E-state index in [1.165, 1.54) is 19.4 Å². The summed E-state index contributed by atoms with van der Waals surface area (Å²) in [5.74, 6) is -5.24. The third-order valence-electron chi connectivity index (χ3n) is 3.80. The van der Waals surface area contributed by atoms with Crippen molar-refractivity contribution >= 4 is 29.7 Å². The molecule has 0 spiro atoms. The van der Waals surface area contributed by atoms with E-state index in [0.717, 1.165) is 0 Å². The van der Waals surface area contributed by atoms with Crippen LogP contribution in [0.25, 0.3) is 0 Å². The average molecular weight is 427 g/mol. The van der Waals surface area contributed by atoms with Gasteiger partial charge in [0, 0.05) is 18.3 Å². The molecule has 0 aliphatic carbocycles. The third kappa shape index (κ3) is 8.66. The SMILES string of the molecule is CC(NC(=O)CC(N)N)C(=O)NC(CC(=O)O)C(=O)NC(Cc1cnc[nH]1)C(=O)O. The van der Waals surface area contributed by atoms with Crippen LogP contribution in [0.2, 0.25) is 0 Å². The first-order valence-electron chi connectivity index (χ1n) is 8.82. The minimum absolute atomic E-state index is 0.138. The van der Waals surface area contributed by atoms with Crippen molar-refractivity contribution in [3.63, 3.8) is 0 Å². The summed E-state index contributed by atoms with van der Waals surface area (Å²) in [6.45, 7) is 1.31. The number of carbonyl (C=O) groups excluding carboxylic acids is 3. The van der Waals surface area contributed by atoms with Crippen molar-refractivity contribution in [3.8, 4) is 0 Å². The molecule has 1 aromatic rings. The molecule has 14 nitrogen and oxygen atoms in total. The van der Waals surface area contributed by atoms with Crippen molar-refractivity contribution in [1.82, 2.24) is 25.9 Å². The second-order valence-corrected chi connectivity index (χ2v) is 6.50. The summed E-state index contributed by atoms with van der Waals surface area (Å²) in [4.78, 5) is 65.3. The smallest absolute Gasteiger partial charge is 0.326 e. The maximum atomic E-state index is 12.4. The van der Waals surface area contributed by atoms with Gasteiger partial charge in [0.15, 0.2) is 0 Å². The van der Waals surface area contributed by atoms with Gasteiger partial charge in [0.1, 0.15) is 18.1 Å². The molecule has 1 rings (SSSR count). The highest BCUT2D eigenvalue weighted by atomic mass is 16.4. The van der Waals surface area contributed by atoms with Crippen LogP contribution in [0.4, 0.5) is 0 Å². The Morgan fingerprint density at radius 3 is 2.17 bits per heavy atom. The molecule has 0 radical (unpaired) electrons. The number of nitrogens with two attached hydrogens (primary N) is 2. The van der Waals surface area contributed by atoms with Gasteiger partial charge in [-0.15, -0.1) is 0 Å². The molecule has 1 heterocycles. The zero-order valence-electron chi connectivity index (χ0n) is 16.1. The minimum atomic E-state index is -1.57. The lowest BCUT2D eigenvalue weighted by Gasteiger charge is -2.22. The Bertz CT molecular complexity index is 766. The maximum Gasteiger partial charge on any atom is 0.326 e. The van der Waals surface area contributed by atoms with E-state index in [9.17, 15) is 29.1 Å². The molecule has 3 atom stereocenters. The molecule has 3 unspecified atom stereocenters. The van der Waals surface area contributed by atoms with E-state index in [4.69, 9.17) is 16.6 Å². The topological polar surface area (TPSA) is 243 Å². The Labute approximate surface area is 170 Å². The van der Waals surface area contributed by atoms with E-state index in [0.29, 0.717) is 5.69 Å². The lowest BCUT2D eigenvalue weighted by Crippen LogP contribution is -2.56. The second-order valence-electron chi connectivity index (χ2n) is 6.50. The number of nitrogens with one attached hydrogen (secondary N) is 4. The van der Waals surface area contributed by atoms with Crippen LogP contribution in [0, 0.1) is 0 Å². The monoisotopic (exact) mass is 427 g/mol. The lowest BCUT2D eigenvalue weighted by atomic mass is 10.1. The highest BCUT2D eigenvalue weighted by molar-refractivity contribution is 5.95. The predicted molar refractivity (Wildman–Crippen MR) is 100 cm³/mol. The van der Waals surface area contributed by atoms with Gasteiger partial charge in [-0.25, -0.2) is 9.78 Å². The summed E-state index contributed by atoms with van der Waals surface area (Å²) in [5.41, 5.74) is 11.0. The number of hydrogen-bond acceptors (Lipinski definition) is 8. The van der Waals surface area contributed by atoms with Crippen molar-refractivity contribution < 1.29 is 34.2 Å². The average Bonchev–Trinajstić information content (AvgIpc) is 3.12. The fourth-order valence-corrected chi connectivity index (χ4v) is 2.35. The van der Waals surface area contributed by atoms with Gasteiger partial charge in [-0.05, 0) is 6.92 Å². The predicted octanol–water partition coefficient (Wildman–Crippen LogP) is -3.38. The largest absolute Gasteiger partial charge is 0.481 e. The molecule has 3 amide bonds. The van der Waals surface area contributed by atoms with Crippen LogP contribution in [-0.2, 0) is 30.4 Å². The number of aromatic nitrogens is 2. The lowest BCUT2D eigenvalue weighted by molar-refractivity contribution is -0.143. The standard InChI is InChI=1S/C16H25N7O7/c1-7(21-12(24)4-11(17)18)14(27)22-9(3-13(25)26)15(28)23-10(16(29)30)2-8-5-19-6-20-8/h5-7,9-11H,2-4,17-18H2,1H3,(H,19,20)(H,21,24)(H,22,27)(H,23,28)(H,25,26)(H,29,30). The summed E-state index contributed by atoms with van der Waals surface area (Å²) in [7, 11) is 0. The number of carbonyl (C=O) groups is 5. The van der Waals surface area contributed by atoms with Crippen molar-refractivity contribution in [2.24, 2.45) is 11.5 Å². The number of nitrogens with zero attached hydrogens (tertiary/aromatic N) is 1. The van der Waals surface area contributed by atoms with E-state index in [1.54, 1.807) is 0 Å². The Balaban J connectivity index is 2.79. The molecular weight excluding hydrogens is 402 g/mol. The van der Waals surface area contributed by atoms with Crippen LogP contribution in [0.5, 0.6) is 0 Å². The molecule has 0 bridgehead atoms. The molecule has 0 aliphatic rings. The van der Waals surface area contributed by atoms with Gasteiger partial charge >= 0.3 is 11.9 Å². The summed E-state index contributed by atoms with van der Waals surface area (Å²) in [6, 6.07) is -4.09. The number of imidazole rings is 1. The van der Waals surface area contributed by atoms with Gasteiger partial charge in [0.25, 0.3) is 0 Å². The number of aliphatic carboxylic acids is 2. The van der Waals surface area contributed by atoms with E-state index in [1.807, 2.05) is 0 Å². The van der Waals surface area contributed by atoms with Gasteiger partial charge in [0.2, 0.25) is 17.7 Å². The van der Waals surface area contributed by atoms with Crippen molar-refractivity contribution in [1.29, 1.82) is 0 Å². The fraction of sp³-hybridized carbons (Fsp3) is 0.500. The summed E-state index contributed by atoms with van der Waals surface area (Å²) < 4.78 is 0. The second kappa shape index (κ2) is 11.5. The molecular formula is C16H25N7O7. The zero-order chi connectivity index (χ0) is 22.8. The molecule has 30 heavy (non-hydrogen) atoms. The number of hydrogen-bond donors (Lipinski definition) is 8. The highest BCUT2D eigenvalue weighted by Gasteiger charge is 2.30. The Morgan fingerprint density at radius 1 is 1.03 bits per heavy atom. The Kier molecular flexibility index (Phi) is 9.38. The molecule has 0 fully saturated rings. The number of carboxylic acid groups (broad SMARTS) is 2. The van der Waals surface area contributed by atoms with Crippen LogP contribution in [0.1, 0.15) is 25.5 Å². The van der Waals surface area contributed by atoms with Crippen LogP contribution in [-0.4, -0.2) is 74.1 Å². The van der Waals surface area contributed by atoms with E-state index < -0.39 is 60.4 Å². The zero-order valence-corrected chi connectivity index (χ0v) is 16.1. The van der Waals surface area contributed by atoms with Gasteiger partial charge in [-0.1, -0.05) is 0 Å². The Morgan fingerprint density at radius 2 is 1.67 bits per heavy atom. The summed E-state index contributed by atoms with van der Waals surface area (Å²) in [5, 5.41) is 25.0. The van der Waals surface area contributed by atoms with Crippen LogP contribution in [0.3, 0.4) is 0 Å². The summed E-state index contributed by atoms with van der Waals surface area (Å²) >= 11 is 0. The molecule has 0 aromatic carbocycles. The quantitative estimate of drug-likeness (QED) is 0.154. The van der Waals surface area contributed by atoms with E-state index in [2.05, 4.69) is 25.9 Å². The molecule has 0 aliphatic heterocycles. The first-order chi connectivity index (χ1) is 14.0. The van der Waals surface area contributed by atoms with Crippen molar-refractivity contribution in [3.05, 3.63) is 18.2 Å². The maximum absolute atomic E-state index is 12.4. The first kappa shape index (κ1) is 24.5. The molecule has 10 N–H and O–H groups in total. The Hall–Kier alpha value is -3.52. The number of rotatable bonds is 12. The molecule has 1 aromatic heterocycles. The first-order valence-corrected chi connectivity index (χ1v) is 8.82. The van der Waals surface area contributed by atoms with Gasteiger partial charge in [0.05, 0.1) is 25.3 Å². The third-order valence-corrected chi connectivity index (χ3v) is 3.80. The minimum Gasteiger partial charge on any atom is -0.481 e. The number of H-pyrrole nitrogens is 1. The van der Waals surface area contributed by atoms with Gasteiger partial charge in [-0.2, -0.15) is 0 Å². The number of carboxylic acids is 2.